The van der Waals surface area contributed by atoms with Crippen LogP contribution in [0.4, 0.5) is 18.9 Å². The van der Waals surface area contributed by atoms with Gasteiger partial charge in [-0.05, 0) is 30.2 Å². The first-order valence-electron chi connectivity index (χ1n) is 5.78. The van der Waals surface area contributed by atoms with E-state index in [4.69, 9.17) is 0 Å². The highest BCUT2D eigenvalue weighted by Crippen LogP contribution is 2.27. The summed E-state index contributed by atoms with van der Waals surface area (Å²) in [6, 6.07) is 10.2. The van der Waals surface area contributed by atoms with Gasteiger partial charge in [0.15, 0.2) is 0 Å². The molecule has 0 saturated heterocycles. The number of rotatable bonds is 3. The number of nitrogens with zero attached hydrogens (tertiary/aromatic N) is 1. The van der Waals surface area contributed by atoms with Crippen molar-refractivity contribution in [2.75, 3.05) is 5.32 Å². The monoisotopic (exact) mass is 266 g/mol. The highest BCUT2D eigenvalue weighted by atomic mass is 19.4. The molecule has 0 aliphatic carbocycles. The van der Waals surface area contributed by atoms with Crippen LogP contribution in [0, 0.1) is 6.92 Å². The minimum absolute atomic E-state index is 0.555. The molecular weight excluding hydrogens is 253 g/mol. The molecule has 5 heteroatoms. The van der Waals surface area contributed by atoms with E-state index in [1.807, 2.05) is 31.2 Å². The quantitative estimate of drug-likeness (QED) is 0.907. The molecule has 0 spiro atoms. The van der Waals surface area contributed by atoms with Crippen molar-refractivity contribution in [1.29, 1.82) is 0 Å². The maximum absolute atomic E-state index is 12.3. The summed E-state index contributed by atoms with van der Waals surface area (Å²) in [6.07, 6.45) is -3.20. The van der Waals surface area contributed by atoms with E-state index < -0.39 is 11.9 Å². The van der Waals surface area contributed by atoms with Gasteiger partial charge in [-0.1, -0.05) is 24.3 Å². The van der Waals surface area contributed by atoms with Gasteiger partial charge in [-0.2, -0.15) is 13.2 Å². The Morgan fingerprint density at radius 3 is 2.42 bits per heavy atom. The number of anilines is 1. The standard InChI is InChI=1S/C14H13F3N2/c1-10-4-2-3-5-11(10)8-18-12-6-7-13(19-9-12)14(15,16)17/h2-7,9,18H,8H2,1H3. The summed E-state index contributed by atoms with van der Waals surface area (Å²) in [5.41, 5.74) is 1.92. The Bertz CT molecular complexity index is 547. The predicted octanol–water partition coefficient (Wildman–Crippen LogP) is 4.02. The van der Waals surface area contributed by atoms with E-state index in [2.05, 4.69) is 10.3 Å². The molecule has 0 atom stereocenters. The SMILES string of the molecule is Cc1ccccc1CNc1ccc(C(F)(F)F)nc1. The molecule has 19 heavy (non-hydrogen) atoms. The molecule has 2 rings (SSSR count). The summed E-state index contributed by atoms with van der Waals surface area (Å²) in [7, 11) is 0. The van der Waals surface area contributed by atoms with Crippen LogP contribution in [0.5, 0.6) is 0 Å². The van der Waals surface area contributed by atoms with Gasteiger partial charge in [-0.3, -0.25) is 0 Å². The summed E-state index contributed by atoms with van der Waals surface area (Å²) in [5, 5.41) is 3.05. The van der Waals surface area contributed by atoms with Crippen molar-refractivity contribution in [3.05, 3.63) is 59.4 Å². The largest absolute Gasteiger partial charge is 0.433 e. The Hall–Kier alpha value is -2.04. The molecule has 1 aromatic carbocycles. The summed E-state index contributed by atoms with van der Waals surface area (Å²) >= 11 is 0. The fraction of sp³-hybridized carbons (Fsp3) is 0.214. The molecule has 0 radical (unpaired) electrons. The predicted molar refractivity (Wildman–Crippen MR) is 67.7 cm³/mol. The fourth-order valence-electron chi connectivity index (χ4n) is 1.67. The Balaban J connectivity index is 2.03. The molecule has 2 aromatic rings. The smallest absolute Gasteiger partial charge is 0.380 e. The van der Waals surface area contributed by atoms with E-state index in [0.29, 0.717) is 12.2 Å². The topological polar surface area (TPSA) is 24.9 Å². The first-order chi connectivity index (χ1) is 8.97. The second kappa shape index (κ2) is 5.30. The molecule has 0 unspecified atom stereocenters. The van der Waals surface area contributed by atoms with Crippen LogP contribution in [0.25, 0.3) is 0 Å². The molecule has 0 aliphatic rings. The zero-order chi connectivity index (χ0) is 13.9. The Labute approximate surface area is 109 Å². The maximum atomic E-state index is 12.3. The average Bonchev–Trinajstić information content (AvgIpc) is 2.37. The van der Waals surface area contributed by atoms with E-state index >= 15 is 0 Å². The number of halogens is 3. The molecule has 0 aliphatic heterocycles. The molecule has 0 amide bonds. The van der Waals surface area contributed by atoms with Gasteiger partial charge in [-0.25, -0.2) is 4.98 Å². The van der Waals surface area contributed by atoms with Crippen molar-refractivity contribution in [1.82, 2.24) is 4.98 Å². The summed E-state index contributed by atoms with van der Waals surface area (Å²) < 4.78 is 37.0. The van der Waals surface area contributed by atoms with Crippen LogP contribution in [0.15, 0.2) is 42.6 Å². The van der Waals surface area contributed by atoms with Crippen molar-refractivity contribution in [3.63, 3.8) is 0 Å². The lowest BCUT2D eigenvalue weighted by molar-refractivity contribution is -0.141. The second-order valence-electron chi connectivity index (χ2n) is 4.21. The van der Waals surface area contributed by atoms with Crippen LogP contribution in [0.3, 0.4) is 0 Å². The van der Waals surface area contributed by atoms with Crippen molar-refractivity contribution in [2.24, 2.45) is 0 Å². The summed E-state index contributed by atoms with van der Waals surface area (Å²) in [5.74, 6) is 0. The number of benzene rings is 1. The Kier molecular flexibility index (Phi) is 3.74. The first kappa shape index (κ1) is 13.4. The molecule has 1 aromatic heterocycles. The average molecular weight is 266 g/mol. The zero-order valence-electron chi connectivity index (χ0n) is 10.3. The van der Waals surface area contributed by atoms with E-state index in [1.54, 1.807) is 0 Å². The second-order valence-corrected chi connectivity index (χ2v) is 4.21. The number of pyridine rings is 1. The molecule has 0 saturated carbocycles. The molecular formula is C14H13F3N2. The van der Waals surface area contributed by atoms with Gasteiger partial charge in [0.1, 0.15) is 5.69 Å². The number of hydrogen-bond donors (Lipinski definition) is 1. The third-order valence-corrected chi connectivity index (χ3v) is 2.80. The highest BCUT2D eigenvalue weighted by molar-refractivity contribution is 5.42. The number of hydrogen-bond acceptors (Lipinski definition) is 2. The Morgan fingerprint density at radius 1 is 1.11 bits per heavy atom. The molecule has 100 valence electrons. The highest BCUT2D eigenvalue weighted by Gasteiger charge is 2.31. The molecule has 1 N–H and O–H groups in total. The molecule has 2 nitrogen and oxygen atoms in total. The number of alkyl halides is 3. The van der Waals surface area contributed by atoms with Crippen molar-refractivity contribution < 1.29 is 13.2 Å². The molecule has 0 bridgehead atoms. The van der Waals surface area contributed by atoms with E-state index in [-0.39, 0.29) is 0 Å². The van der Waals surface area contributed by atoms with Gasteiger partial charge >= 0.3 is 6.18 Å². The van der Waals surface area contributed by atoms with Crippen LogP contribution in [0.1, 0.15) is 16.8 Å². The van der Waals surface area contributed by atoms with Crippen LogP contribution in [0.2, 0.25) is 0 Å². The van der Waals surface area contributed by atoms with Gasteiger partial charge in [0, 0.05) is 6.54 Å². The van der Waals surface area contributed by atoms with Crippen molar-refractivity contribution in [3.8, 4) is 0 Å². The molecule has 1 heterocycles. The third-order valence-electron chi connectivity index (χ3n) is 2.80. The lowest BCUT2D eigenvalue weighted by Crippen LogP contribution is -2.08. The van der Waals surface area contributed by atoms with E-state index in [9.17, 15) is 13.2 Å². The third kappa shape index (κ3) is 3.47. The lowest BCUT2D eigenvalue weighted by Gasteiger charge is -2.10. The van der Waals surface area contributed by atoms with E-state index in [1.165, 1.54) is 12.3 Å². The van der Waals surface area contributed by atoms with Crippen LogP contribution < -0.4 is 5.32 Å². The minimum Gasteiger partial charge on any atom is -0.380 e. The summed E-state index contributed by atoms with van der Waals surface area (Å²) in [6.45, 7) is 2.54. The van der Waals surface area contributed by atoms with Gasteiger partial charge in [0.05, 0.1) is 11.9 Å². The van der Waals surface area contributed by atoms with Crippen LogP contribution in [-0.2, 0) is 12.7 Å². The van der Waals surface area contributed by atoms with Crippen LogP contribution in [-0.4, -0.2) is 4.98 Å². The van der Waals surface area contributed by atoms with Crippen LogP contribution >= 0.6 is 0 Å². The number of nitrogens with one attached hydrogen (secondary N) is 1. The maximum Gasteiger partial charge on any atom is 0.433 e. The van der Waals surface area contributed by atoms with Gasteiger partial charge < -0.3 is 5.32 Å². The molecule has 0 fully saturated rings. The van der Waals surface area contributed by atoms with E-state index in [0.717, 1.165) is 17.2 Å². The van der Waals surface area contributed by atoms with Crippen molar-refractivity contribution in [2.45, 2.75) is 19.6 Å². The Morgan fingerprint density at radius 2 is 1.84 bits per heavy atom. The van der Waals surface area contributed by atoms with Gasteiger partial charge in [-0.15, -0.1) is 0 Å². The van der Waals surface area contributed by atoms with Gasteiger partial charge in [0.2, 0.25) is 0 Å². The fourth-order valence-corrected chi connectivity index (χ4v) is 1.67. The number of aryl methyl sites for hydroxylation is 1. The zero-order valence-corrected chi connectivity index (χ0v) is 10.3. The lowest BCUT2D eigenvalue weighted by atomic mass is 10.1. The van der Waals surface area contributed by atoms with Crippen molar-refractivity contribution >= 4 is 5.69 Å². The van der Waals surface area contributed by atoms with Gasteiger partial charge in [0.25, 0.3) is 0 Å². The first-order valence-corrected chi connectivity index (χ1v) is 5.78. The normalized spacial score (nSPS) is 11.4. The summed E-state index contributed by atoms with van der Waals surface area (Å²) in [4.78, 5) is 3.40. The number of aromatic nitrogens is 1. The minimum atomic E-state index is -4.39.